The lowest BCUT2D eigenvalue weighted by Crippen LogP contribution is -2.29. The molecule has 3 aromatic rings. The van der Waals surface area contributed by atoms with E-state index in [0.29, 0.717) is 34.9 Å². The Balaban J connectivity index is 1.79. The minimum atomic E-state index is -0.975. The second kappa shape index (κ2) is 13.0. The molecule has 40 heavy (non-hydrogen) atoms. The number of anilines is 1. The number of carbonyl (C=O) groups excluding carboxylic acids is 3. The van der Waals surface area contributed by atoms with Crippen molar-refractivity contribution in [3.8, 4) is 11.5 Å². The number of ketones is 1. The quantitative estimate of drug-likeness (QED) is 0.103. The molecule has 1 heterocycles. The summed E-state index contributed by atoms with van der Waals surface area (Å²) in [4.78, 5) is 40.7. The summed E-state index contributed by atoms with van der Waals surface area (Å²) in [6.45, 7) is 4.61. The summed E-state index contributed by atoms with van der Waals surface area (Å²) in [7, 11) is 1.52. The van der Waals surface area contributed by atoms with Crippen LogP contribution in [0.1, 0.15) is 60.6 Å². The maximum Gasteiger partial charge on any atom is 0.338 e. The number of hydrogen-bond donors (Lipinski definition) is 1. The first kappa shape index (κ1) is 28.4. The predicted octanol–water partition coefficient (Wildman–Crippen LogP) is 6.07. The van der Waals surface area contributed by atoms with Crippen molar-refractivity contribution in [2.75, 3.05) is 25.2 Å². The molecule has 1 N–H and O–H groups in total. The number of benzene rings is 3. The first-order chi connectivity index (χ1) is 19.4. The van der Waals surface area contributed by atoms with Crippen molar-refractivity contribution in [1.29, 1.82) is 0 Å². The van der Waals surface area contributed by atoms with Crippen molar-refractivity contribution in [3.05, 3.63) is 95.1 Å². The van der Waals surface area contributed by atoms with Crippen LogP contribution in [0.4, 0.5) is 5.69 Å². The Morgan fingerprint density at radius 3 is 2.35 bits per heavy atom. The number of methoxy groups -OCH3 is 1. The summed E-state index contributed by atoms with van der Waals surface area (Å²) < 4.78 is 16.3. The van der Waals surface area contributed by atoms with Crippen molar-refractivity contribution in [2.24, 2.45) is 0 Å². The van der Waals surface area contributed by atoms with Gasteiger partial charge in [-0.05, 0) is 73.5 Å². The highest BCUT2D eigenvalue weighted by atomic mass is 16.5. The van der Waals surface area contributed by atoms with E-state index in [0.717, 1.165) is 19.3 Å². The number of Topliss-reactive ketones (excluding diaryl/α,β-unsaturated/α-hetero) is 1. The molecule has 1 aliphatic heterocycles. The van der Waals surface area contributed by atoms with E-state index in [1.165, 1.54) is 18.1 Å². The second-order valence-corrected chi connectivity index (χ2v) is 9.30. The minimum absolute atomic E-state index is 0.0728. The molecular weight excluding hydrogens is 510 g/mol. The van der Waals surface area contributed by atoms with E-state index in [9.17, 15) is 19.5 Å². The molecule has 1 aliphatic rings. The number of carbonyl (C=O) groups is 3. The highest BCUT2D eigenvalue weighted by Gasteiger charge is 2.47. The summed E-state index contributed by atoms with van der Waals surface area (Å²) in [6.07, 6.45) is 3.11. The standard InChI is InChI=1S/C32H33NO7/c1-4-6-7-18-40-25-16-14-21(15-17-25)29(34)27-28(22-10-9-13-26(20-22)38-3)33(31(36)30(27)35)24-12-8-11-23(19-24)32(37)39-5-2/h8-17,19-20,28,34H,4-7,18H2,1-3H3/b29-27+. The lowest BCUT2D eigenvalue weighted by Gasteiger charge is -2.26. The van der Waals surface area contributed by atoms with Crippen molar-refractivity contribution in [1.82, 2.24) is 0 Å². The molecule has 1 amide bonds. The fourth-order valence-corrected chi connectivity index (χ4v) is 4.63. The monoisotopic (exact) mass is 543 g/mol. The summed E-state index contributed by atoms with van der Waals surface area (Å²) in [6, 6.07) is 19.0. The van der Waals surface area contributed by atoms with Gasteiger partial charge in [-0.15, -0.1) is 0 Å². The fraction of sp³-hybridized carbons (Fsp3) is 0.281. The highest BCUT2D eigenvalue weighted by Crippen LogP contribution is 2.43. The van der Waals surface area contributed by atoms with Gasteiger partial charge in [0.15, 0.2) is 0 Å². The predicted molar refractivity (Wildman–Crippen MR) is 152 cm³/mol. The number of amides is 1. The zero-order valence-electron chi connectivity index (χ0n) is 22.9. The molecule has 0 radical (unpaired) electrons. The van der Waals surface area contributed by atoms with Gasteiger partial charge in [-0.2, -0.15) is 0 Å². The van der Waals surface area contributed by atoms with Gasteiger partial charge in [0.1, 0.15) is 17.3 Å². The number of nitrogens with zero attached hydrogens (tertiary/aromatic N) is 1. The Hall–Kier alpha value is -4.59. The molecule has 0 spiro atoms. The molecule has 1 unspecified atom stereocenters. The first-order valence-corrected chi connectivity index (χ1v) is 13.3. The number of hydrogen-bond acceptors (Lipinski definition) is 7. The summed E-state index contributed by atoms with van der Waals surface area (Å²) in [5.41, 5.74) is 1.40. The van der Waals surface area contributed by atoms with E-state index in [1.807, 2.05) is 0 Å². The number of aliphatic hydroxyl groups is 1. The normalized spacial score (nSPS) is 16.2. The molecule has 0 aromatic heterocycles. The van der Waals surface area contributed by atoms with E-state index in [1.54, 1.807) is 73.7 Å². The summed E-state index contributed by atoms with van der Waals surface area (Å²) in [5.74, 6) is -1.36. The lowest BCUT2D eigenvalue weighted by molar-refractivity contribution is -0.132. The molecular formula is C32H33NO7. The Labute approximate surface area is 233 Å². The number of esters is 1. The highest BCUT2D eigenvalue weighted by molar-refractivity contribution is 6.51. The summed E-state index contributed by atoms with van der Waals surface area (Å²) >= 11 is 0. The minimum Gasteiger partial charge on any atom is -0.507 e. The van der Waals surface area contributed by atoms with Crippen LogP contribution in [-0.2, 0) is 14.3 Å². The van der Waals surface area contributed by atoms with Gasteiger partial charge in [-0.3, -0.25) is 14.5 Å². The third-order valence-corrected chi connectivity index (χ3v) is 6.63. The van der Waals surface area contributed by atoms with Gasteiger partial charge in [-0.1, -0.05) is 38.0 Å². The zero-order valence-corrected chi connectivity index (χ0v) is 22.9. The van der Waals surface area contributed by atoms with Crippen LogP contribution in [0, 0.1) is 0 Å². The zero-order chi connectivity index (χ0) is 28.6. The number of unbranched alkanes of at least 4 members (excludes halogenated alkanes) is 2. The third-order valence-electron chi connectivity index (χ3n) is 6.63. The van der Waals surface area contributed by atoms with E-state index in [-0.39, 0.29) is 23.5 Å². The number of rotatable bonds is 11. The van der Waals surface area contributed by atoms with E-state index in [4.69, 9.17) is 14.2 Å². The third kappa shape index (κ3) is 6.01. The Bertz CT molecular complexity index is 1410. The molecule has 8 nitrogen and oxygen atoms in total. The Morgan fingerprint density at radius 1 is 0.900 bits per heavy atom. The fourth-order valence-electron chi connectivity index (χ4n) is 4.63. The largest absolute Gasteiger partial charge is 0.507 e. The van der Waals surface area contributed by atoms with Gasteiger partial charge in [0.2, 0.25) is 0 Å². The molecule has 8 heteroatoms. The molecule has 1 atom stereocenters. The average Bonchev–Trinajstić information content (AvgIpc) is 3.25. The van der Waals surface area contributed by atoms with Crippen molar-refractivity contribution in [3.63, 3.8) is 0 Å². The van der Waals surface area contributed by atoms with Gasteiger partial charge in [0.05, 0.1) is 37.5 Å². The van der Waals surface area contributed by atoms with Crippen LogP contribution in [0.5, 0.6) is 11.5 Å². The molecule has 1 fully saturated rings. The van der Waals surface area contributed by atoms with Crippen LogP contribution in [0.2, 0.25) is 0 Å². The molecule has 3 aromatic carbocycles. The van der Waals surface area contributed by atoms with Gasteiger partial charge in [0.25, 0.3) is 11.7 Å². The van der Waals surface area contributed by atoms with Crippen molar-refractivity contribution >= 4 is 29.1 Å². The Kier molecular flexibility index (Phi) is 9.22. The first-order valence-electron chi connectivity index (χ1n) is 13.3. The summed E-state index contributed by atoms with van der Waals surface area (Å²) in [5, 5.41) is 11.4. The number of aliphatic hydroxyl groups excluding tert-OH is 1. The number of ether oxygens (including phenoxy) is 3. The average molecular weight is 544 g/mol. The topological polar surface area (TPSA) is 102 Å². The van der Waals surface area contributed by atoms with Crippen molar-refractivity contribution in [2.45, 2.75) is 39.2 Å². The second-order valence-electron chi connectivity index (χ2n) is 9.30. The Morgan fingerprint density at radius 2 is 1.65 bits per heavy atom. The van der Waals surface area contributed by atoms with Crippen LogP contribution < -0.4 is 14.4 Å². The van der Waals surface area contributed by atoms with E-state index in [2.05, 4.69) is 6.92 Å². The molecule has 1 saturated heterocycles. The van der Waals surface area contributed by atoms with Crippen molar-refractivity contribution < 1.29 is 33.7 Å². The smallest absolute Gasteiger partial charge is 0.338 e. The molecule has 4 rings (SSSR count). The van der Waals surface area contributed by atoms with E-state index < -0.39 is 23.7 Å². The van der Waals surface area contributed by atoms with Crippen LogP contribution in [0.25, 0.3) is 5.76 Å². The van der Waals surface area contributed by atoms with Gasteiger partial charge in [-0.25, -0.2) is 4.79 Å². The molecule has 0 saturated carbocycles. The van der Waals surface area contributed by atoms with Crippen LogP contribution in [0.15, 0.2) is 78.4 Å². The lowest BCUT2D eigenvalue weighted by atomic mass is 9.95. The van der Waals surface area contributed by atoms with Gasteiger partial charge >= 0.3 is 5.97 Å². The van der Waals surface area contributed by atoms with Crippen LogP contribution in [-0.4, -0.2) is 43.1 Å². The van der Waals surface area contributed by atoms with Crippen LogP contribution >= 0.6 is 0 Å². The van der Waals surface area contributed by atoms with Crippen LogP contribution in [0.3, 0.4) is 0 Å². The van der Waals surface area contributed by atoms with E-state index >= 15 is 0 Å². The maximum absolute atomic E-state index is 13.5. The SMILES string of the molecule is CCCCCOc1ccc(/C(O)=C2\C(=O)C(=O)N(c3cccc(C(=O)OCC)c3)C2c2cccc(OC)c2)cc1. The van der Waals surface area contributed by atoms with Gasteiger partial charge < -0.3 is 19.3 Å². The molecule has 208 valence electrons. The van der Waals surface area contributed by atoms with Gasteiger partial charge in [0, 0.05) is 11.3 Å². The molecule has 0 aliphatic carbocycles. The molecule has 0 bridgehead atoms. The maximum atomic E-state index is 13.5.